The van der Waals surface area contributed by atoms with Gasteiger partial charge in [-0.15, -0.1) is 0 Å². The minimum absolute atomic E-state index is 0.0793. The number of H-pyrrole nitrogens is 1. The number of aromatic nitrogens is 1. The van der Waals surface area contributed by atoms with Crippen LogP contribution in [-0.2, 0) is 25.6 Å². The molecule has 1 aliphatic heterocycles. The Labute approximate surface area is 223 Å². The zero-order valence-electron chi connectivity index (χ0n) is 22.7. The Balaban J connectivity index is 1.88. The van der Waals surface area contributed by atoms with E-state index in [9.17, 15) is 24.3 Å². The van der Waals surface area contributed by atoms with Crippen LogP contribution < -0.4 is 16.4 Å². The largest absolute Gasteiger partial charge is 0.480 e. The Morgan fingerprint density at radius 2 is 1.76 bits per heavy atom. The van der Waals surface area contributed by atoms with Gasteiger partial charge in [-0.2, -0.15) is 0 Å². The third kappa shape index (κ3) is 6.53. The second-order valence-electron chi connectivity index (χ2n) is 10.4. The van der Waals surface area contributed by atoms with Crippen LogP contribution in [0.5, 0.6) is 0 Å². The molecule has 38 heavy (non-hydrogen) atoms. The summed E-state index contributed by atoms with van der Waals surface area (Å²) < 4.78 is 0. The highest BCUT2D eigenvalue weighted by atomic mass is 16.4. The topological polar surface area (TPSA) is 158 Å². The first-order valence-corrected chi connectivity index (χ1v) is 13.5. The van der Waals surface area contributed by atoms with Crippen LogP contribution >= 0.6 is 0 Å². The summed E-state index contributed by atoms with van der Waals surface area (Å²) in [5, 5.41) is 16.2. The lowest BCUT2D eigenvalue weighted by molar-refractivity contribution is -0.150. The number of carbonyl (C=O) groups excluding carboxylic acids is 3. The van der Waals surface area contributed by atoms with Gasteiger partial charge in [0.05, 0.1) is 6.04 Å². The van der Waals surface area contributed by atoms with E-state index in [1.165, 1.54) is 4.90 Å². The molecule has 0 spiro atoms. The molecule has 6 unspecified atom stereocenters. The van der Waals surface area contributed by atoms with E-state index in [-0.39, 0.29) is 18.3 Å². The van der Waals surface area contributed by atoms with E-state index in [4.69, 9.17) is 5.73 Å². The van der Waals surface area contributed by atoms with Crippen molar-refractivity contribution in [1.82, 2.24) is 20.5 Å². The molecule has 10 heteroatoms. The van der Waals surface area contributed by atoms with Gasteiger partial charge in [0.15, 0.2) is 0 Å². The smallest absolute Gasteiger partial charge is 0.326 e. The number of nitrogens with zero attached hydrogens (tertiary/aromatic N) is 1. The van der Waals surface area contributed by atoms with Crippen LogP contribution in [0.1, 0.15) is 58.9 Å². The maximum atomic E-state index is 13.7. The first-order valence-electron chi connectivity index (χ1n) is 13.5. The summed E-state index contributed by atoms with van der Waals surface area (Å²) in [6.45, 7) is 7.91. The van der Waals surface area contributed by atoms with Crippen molar-refractivity contribution in [2.24, 2.45) is 17.6 Å². The fourth-order valence-electron chi connectivity index (χ4n) is 4.91. The van der Waals surface area contributed by atoms with E-state index in [0.29, 0.717) is 32.2 Å². The molecule has 1 aliphatic rings. The van der Waals surface area contributed by atoms with Crippen LogP contribution in [0, 0.1) is 11.8 Å². The zero-order chi connectivity index (χ0) is 28.0. The molecule has 0 bridgehead atoms. The molecule has 1 aromatic carbocycles. The van der Waals surface area contributed by atoms with Crippen molar-refractivity contribution >= 4 is 34.6 Å². The van der Waals surface area contributed by atoms with Crippen molar-refractivity contribution in [3.63, 3.8) is 0 Å². The van der Waals surface area contributed by atoms with E-state index < -0.39 is 47.9 Å². The second kappa shape index (κ2) is 12.9. The molecule has 1 saturated heterocycles. The minimum atomic E-state index is -1.05. The molecule has 3 amide bonds. The number of carboxylic acids is 1. The number of benzene rings is 1. The van der Waals surface area contributed by atoms with Crippen LogP contribution in [-0.4, -0.2) is 69.4 Å². The number of rotatable bonds is 12. The number of carbonyl (C=O) groups is 4. The third-order valence-electron chi connectivity index (χ3n) is 7.89. The highest BCUT2D eigenvalue weighted by Crippen LogP contribution is 2.23. The van der Waals surface area contributed by atoms with Crippen molar-refractivity contribution < 1.29 is 24.3 Å². The van der Waals surface area contributed by atoms with E-state index in [1.54, 1.807) is 0 Å². The standard InChI is InChI=1S/C28H41N5O5/c1-5-16(3)23(29)26(35)31-21(14-18-15-30-20-11-8-7-10-19(18)20)25(34)32-24(17(4)6-2)27(36)33-13-9-12-22(33)28(37)38/h7-8,10-11,15-17,21-24,30H,5-6,9,12-14,29H2,1-4H3,(H,31,35)(H,32,34)(H,37,38). The van der Waals surface area contributed by atoms with E-state index >= 15 is 0 Å². The first kappa shape index (κ1) is 29.2. The molecule has 0 radical (unpaired) electrons. The normalized spacial score (nSPS) is 19.4. The number of para-hydroxylation sites is 1. The summed E-state index contributed by atoms with van der Waals surface area (Å²) in [6.07, 6.45) is 4.29. The van der Waals surface area contributed by atoms with Crippen LogP contribution in [0.25, 0.3) is 10.9 Å². The molecule has 6 atom stereocenters. The molecule has 208 valence electrons. The highest BCUT2D eigenvalue weighted by Gasteiger charge is 2.40. The lowest BCUT2D eigenvalue weighted by Gasteiger charge is -2.32. The van der Waals surface area contributed by atoms with Gasteiger partial charge in [-0.25, -0.2) is 4.79 Å². The van der Waals surface area contributed by atoms with Crippen LogP contribution in [0.15, 0.2) is 30.5 Å². The quantitative estimate of drug-likeness (QED) is 0.285. The minimum Gasteiger partial charge on any atom is -0.480 e. The number of hydrogen-bond acceptors (Lipinski definition) is 5. The van der Waals surface area contributed by atoms with Gasteiger partial charge >= 0.3 is 5.97 Å². The second-order valence-corrected chi connectivity index (χ2v) is 10.4. The van der Waals surface area contributed by atoms with Gasteiger partial charge in [0.25, 0.3) is 0 Å². The molecule has 3 rings (SSSR count). The third-order valence-corrected chi connectivity index (χ3v) is 7.89. The number of nitrogens with two attached hydrogens (primary N) is 1. The maximum Gasteiger partial charge on any atom is 0.326 e. The van der Waals surface area contributed by atoms with Crippen molar-refractivity contribution in [2.75, 3.05) is 6.54 Å². The summed E-state index contributed by atoms with van der Waals surface area (Å²) in [5.74, 6) is -2.72. The summed E-state index contributed by atoms with van der Waals surface area (Å²) >= 11 is 0. The predicted octanol–water partition coefficient (Wildman–Crippen LogP) is 2.18. The van der Waals surface area contributed by atoms with Gasteiger partial charge in [0.1, 0.15) is 18.1 Å². The van der Waals surface area contributed by atoms with E-state index in [2.05, 4.69) is 15.6 Å². The van der Waals surface area contributed by atoms with Gasteiger partial charge in [0.2, 0.25) is 17.7 Å². The monoisotopic (exact) mass is 527 g/mol. The van der Waals surface area contributed by atoms with Crippen LogP contribution in [0.3, 0.4) is 0 Å². The summed E-state index contributed by atoms with van der Waals surface area (Å²) in [4.78, 5) is 56.5. The lowest BCUT2D eigenvalue weighted by atomic mass is 9.95. The number of aromatic amines is 1. The number of fused-ring (bicyclic) bond motifs is 1. The van der Waals surface area contributed by atoms with Gasteiger partial charge in [0, 0.05) is 30.1 Å². The van der Waals surface area contributed by atoms with Crippen molar-refractivity contribution in [3.8, 4) is 0 Å². The predicted molar refractivity (Wildman–Crippen MR) is 145 cm³/mol. The van der Waals surface area contributed by atoms with Gasteiger partial charge in [-0.3, -0.25) is 14.4 Å². The number of nitrogens with one attached hydrogen (secondary N) is 3. The number of hydrogen-bond donors (Lipinski definition) is 5. The molecule has 1 fully saturated rings. The SMILES string of the molecule is CCC(C)C(N)C(=O)NC(Cc1c[nH]c2ccccc12)C(=O)NC(C(=O)N1CCCC1C(=O)O)C(C)CC. The Kier molecular flexibility index (Phi) is 9.90. The summed E-state index contributed by atoms with van der Waals surface area (Å²) in [5.41, 5.74) is 7.91. The van der Waals surface area contributed by atoms with Crippen LogP contribution in [0.4, 0.5) is 0 Å². The Morgan fingerprint density at radius 3 is 2.42 bits per heavy atom. The Bertz CT molecular complexity index is 1150. The van der Waals surface area contributed by atoms with E-state index in [1.807, 2.05) is 58.2 Å². The molecule has 0 saturated carbocycles. The average Bonchev–Trinajstić information content (AvgIpc) is 3.57. The fourth-order valence-corrected chi connectivity index (χ4v) is 4.91. The molecular formula is C28H41N5O5. The molecule has 2 aromatic rings. The number of aliphatic carboxylic acids is 1. The molecule has 0 aliphatic carbocycles. The fraction of sp³-hybridized carbons (Fsp3) is 0.571. The maximum absolute atomic E-state index is 13.7. The summed E-state index contributed by atoms with van der Waals surface area (Å²) in [6, 6.07) is 4.09. The summed E-state index contributed by atoms with van der Waals surface area (Å²) in [7, 11) is 0. The number of likely N-dealkylation sites (tertiary alicyclic amines) is 1. The van der Waals surface area contributed by atoms with Crippen LogP contribution in [0.2, 0.25) is 0 Å². The zero-order valence-corrected chi connectivity index (χ0v) is 22.7. The molecule has 2 heterocycles. The van der Waals surface area contributed by atoms with E-state index in [0.717, 1.165) is 16.5 Å². The van der Waals surface area contributed by atoms with Gasteiger partial charge < -0.3 is 31.4 Å². The lowest BCUT2D eigenvalue weighted by Crippen LogP contribution is -2.59. The first-order chi connectivity index (χ1) is 18.1. The molecule has 1 aromatic heterocycles. The molecular weight excluding hydrogens is 486 g/mol. The van der Waals surface area contributed by atoms with Crippen molar-refractivity contribution in [2.45, 2.75) is 84.0 Å². The Morgan fingerprint density at radius 1 is 1.08 bits per heavy atom. The van der Waals surface area contributed by atoms with Gasteiger partial charge in [-0.1, -0.05) is 58.7 Å². The molecule has 10 nitrogen and oxygen atoms in total. The van der Waals surface area contributed by atoms with Crippen molar-refractivity contribution in [3.05, 3.63) is 36.0 Å². The number of carboxylic acid groups (broad SMARTS) is 1. The highest BCUT2D eigenvalue weighted by molar-refractivity contribution is 5.95. The number of amides is 3. The molecule has 6 N–H and O–H groups in total. The van der Waals surface area contributed by atoms with Gasteiger partial charge in [-0.05, 0) is 36.3 Å². The van der Waals surface area contributed by atoms with Crippen molar-refractivity contribution in [1.29, 1.82) is 0 Å². The Hall–Kier alpha value is -3.40. The average molecular weight is 528 g/mol.